The van der Waals surface area contributed by atoms with Crippen LogP contribution in [0.2, 0.25) is 0 Å². The zero-order chi connectivity index (χ0) is 13.7. The summed E-state index contributed by atoms with van der Waals surface area (Å²) >= 11 is 5.05. The van der Waals surface area contributed by atoms with Crippen molar-refractivity contribution in [3.63, 3.8) is 0 Å². The van der Waals surface area contributed by atoms with Gasteiger partial charge in [0.25, 0.3) is 0 Å². The summed E-state index contributed by atoms with van der Waals surface area (Å²) in [5, 5.41) is 1.00. The van der Waals surface area contributed by atoms with E-state index in [9.17, 15) is 0 Å². The fraction of sp³-hybridized carbons (Fsp3) is 0.267. The summed E-state index contributed by atoms with van der Waals surface area (Å²) < 4.78 is 1.00. The predicted octanol–water partition coefficient (Wildman–Crippen LogP) is 4.28. The molecule has 0 aliphatic rings. The molecule has 100 valence electrons. The smallest absolute Gasteiger partial charge is 0.101 e. The van der Waals surface area contributed by atoms with Crippen molar-refractivity contribution >= 4 is 27.7 Å². The van der Waals surface area contributed by atoms with Crippen LogP contribution in [0.3, 0.4) is 0 Å². The zero-order valence-corrected chi connectivity index (χ0v) is 13.2. The number of benzene rings is 1. The molecular weight excluding hydrogens is 320 g/mol. The summed E-state index contributed by atoms with van der Waals surface area (Å²) in [6.07, 6.45) is 3.77. The Bertz CT molecular complexity index is 511. The van der Waals surface area contributed by atoms with Crippen LogP contribution in [-0.4, -0.2) is 11.0 Å². The first-order chi connectivity index (χ1) is 9.17. The Morgan fingerprint density at radius 1 is 1.21 bits per heavy atom. The quantitative estimate of drug-likeness (QED) is 0.885. The molecule has 4 heteroatoms. The Kier molecular flexibility index (Phi) is 5.43. The van der Waals surface area contributed by atoms with Gasteiger partial charge >= 0.3 is 0 Å². The van der Waals surface area contributed by atoms with E-state index in [1.54, 1.807) is 11.8 Å². The molecular formula is C15H17BrN2S. The van der Waals surface area contributed by atoms with Gasteiger partial charge in [0.15, 0.2) is 0 Å². The maximum atomic E-state index is 5.96. The molecule has 2 N–H and O–H groups in total. The van der Waals surface area contributed by atoms with E-state index in [1.165, 1.54) is 10.5 Å². The lowest BCUT2D eigenvalue weighted by Crippen LogP contribution is -2.21. The van der Waals surface area contributed by atoms with Crippen LogP contribution in [0.4, 0.5) is 0 Å². The van der Waals surface area contributed by atoms with Crippen LogP contribution in [0.25, 0.3) is 0 Å². The van der Waals surface area contributed by atoms with E-state index in [1.807, 2.05) is 18.3 Å². The van der Waals surface area contributed by atoms with Gasteiger partial charge < -0.3 is 5.73 Å². The second kappa shape index (κ2) is 7.08. The van der Waals surface area contributed by atoms with Gasteiger partial charge in [-0.15, -0.1) is 0 Å². The summed E-state index contributed by atoms with van der Waals surface area (Å²) in [6, 6.07) is 12.8. The highest BCUT2D eigenvalue weighted by Gasteiger charge is 2.03. The molecule has 0 bridgehead atoms. The van der Waals surface area contributed by atoms with Gasteiger partial charge in [-0.25, -0.2) is 4.98 Å². The Labute approximate surface area is 126 Å². The van der Waals surface area contributed by atoms with E-state index >= 15 is 0 Å². The van der Waals surface area contributed by atoms with Crippen molar-refractivity contribution in [1.29, 1.82) is 0 Å². The number of pyridine rings is 1. The fourth-order valence-corrected chi connectivity index (χ4v) is 2.67. The third kappa shape index (κ3) is 4.64. The largest absolute Gasteiger partial charge is 0.327 e. The molecule has 1 aromatic carbocycles. The Hall–Kier alpha value is -0.840. The van der Waals surface area contributed by atoms with E-state index < -0.39 is 0 Å². The molecule has 19 heavy (non-hydrogen) atoms. The van der Waals surface area contributed by atoms with Crippen molar-refractivity contribution in [2.75, 3.05) is 0 Å². The normalized spacial score (nSPS) is 12.4. The lowest BCUT2D eigenvalue weighted by Gasteiger charge is -2.09. The van der Waals surface area contributed by atoms with E-state index in [0.29, 0.717) is 0 Å². The molecule has 2 aromatic rings. The highest BCUT2D eigenvalue weighted by molar-refractivity contribution is 9.10. The van der Waals surface area contributed by atoms with Gasteiger partial charge in [0, 0.05) is 21.6 Å². The first-order valence-electron chi connectivity index (χ1n) is 6.31. The number of nitrogens with two attached hydrogens (primary N) is 1. The number of hydrogen-bond acceptors (Lipinski definition) is 3. The predicted molar refractivity (Wildman–Crippen MR) is 84.5 cm³/mol. The van der Waals surface area contributed by atoms with Crippen LogP contribution >= 0.6 is 27.7 Å². The van der Waals surface area contributed by atoms with Gasteiger partial charge in [0.1, 0.15) is 5.03 Å². The maximum Gasteiger partial charge on any atom is 0.101 e. The number of halogens is 1. The van der Waals surface area contributed by atoms with Crippen molar-refractivity contribution in [2.24, 2.45) is 5.73 Å². The molecule has 1 atom stereocenters. The van der Waals surface area contributed by atoms with Crippen LogP contribution in [-0.2, 0) is 6.42 Å². The van der Waals surface area contributed by atoms with Gasteiger partial charge in [0.05, 0.1) is 0 Å². The van der Waals surface area contributed by atoms with Crippen LogP contribution in [0, 0.1) is 0 Å². The summed E-state index contributed by atoms with van der Waals surface area (Å²) in [6.45, 7) is 2.12. The molecule has 0 aliphatic carbocycles. The van der Waals surface area contributed by atoms with Crippen LogP contribution in [0.15, 0.2) is 57.0 Å². The molecule has 1 unspecified atom stereocenters. The van der Waals surface area contributed by atoms with Crippen molar-refractivity contribution < 1.29 is 0 Å². The minimum atomic E-state index is 0.256. The zero-order valence-electron chi connectivity index (χ0n) is 10.8. The summed E-state index contributed by atoms with van der Waals surface area (Å²) in [4.78, 5) is 5.55. The van der Waals surface area contributed by atoms with Crippen molar-refractivity contribution in [1.82, 2.24) is 4.98 Å². The highest BCUT2D eigenvalue weighted by atomic mass is 79.9. The van der Waals surface area contributed by atoms with Crippen molar-refractivity contribution in [3.05, 3.63) is 52.6 Å². The molecule has 0 radical (unpaired) electrons. The van der Waals surface area contributed by atoms with Gasteiger partial charge in [0.2, 0.25) is 0 Å². The average molecular weight is 337 g/mol. The van der Waals surface area contributed by atoms with Gasteiger partial charge in [-0.1, -0.05) is 30.8 Å². The van der Waals surface area contributed by atoms with E-state index in [-0.39, 0.29) is 6.04 Å². The average Bonchev–Trinajstić information content (AvgIpc) is 2.43. The molecule has 1 aromatic heterocycles. The molecule has 0 saturated carbocycles. The minimum absolute atomic E-state index is 0.256. The van der Waals surface area contributed by atoms with Gasteiger partial charge in [-0.05, 0) is 58.6 Å². The molecule has 0 saturated heterocycles. The molecule has 2 nitrogen and oxygen atoms in total. The van der Waals surface area contributed by atoms with E-state index in [0.717, 1.165) is 22.3 Å². The third-order valence-corrected chi connectivity index (χ3v) is 4.30. The van der Waals surface area contributed by atoms with E-state index in [2.05, 4.69) is 52.1 Å². The van der Waals surface area contributed by atoms with Crippen LogP contribution in [0.5, 0.6) is 0 Å². The summed E-state index contributed by atoms with van der Waals surface area (Å²) in [5.41, 5.74) is 7.26. The summed E-state index contributed by atoms with van der Waals surface area (Å²) in [7, 11) is 0. The molecule has 0 fully saturated rings. The Morgan fingerprint density at radius 3 is 2.53 bits per heavy atom. The monoisotopic (exact) mass is 336 g/mol. The number of aromatic nitrogens is 1. The first-order valence-corrected chi connectivity index (χ1v) is 7.92. The lowest BCUT2D eigenvalue weighted by atomic mass is 10.1. The van der Waals surface area contributed by atoms with Gasteiger partial charge in [-0.2, -0.15) is 0 Å². The SMILES string of the molecule is CCC(N)Cc1ccc(Sc2ccc(Br)cn2)cc1. The highest BCUT2D eigenvalue weighted by Crippen LogP contribution is 2.26. The van der Waals surface area contributed by atoms with Crippen molar-refractivity contribution in [2.45, 2.75) is 35.7 Å². The number of hydrogen-bond donors (Lipinski definition) is 1. The van der Waals surface area contributed by atoms with Crippen LogP contribution < -0.4 is 5.73 Å². The number of rotatable bonds is 5. The van der Waals surface area contributed by atoms with Gasteiger partial charge in [-0.3, -0.25) is 0 Å². The van der Waals surface area contributed by atoms with E-state index in [4.69, 9.17) is 5.73 Å². The Balaban J connectivity index is 2.00. The topological polar surface area (TPSA) is 38.9 Å². The molecule has 0 amide bonds. The number of nitrogens with zero attached hydrogens (tertiary/aromatic N) is 1. The Morgan fingerprint density at radius 2 is 1.95 bits per heavy atom. The molecule has 0 aliphatic heterocycles. The molecule has 0 spiro atoms. The minimum Gasteiger partial charge on any atom is -0.327 e. The lowest BCUT2D eigenvalue weighted by molar-refractivity contribution is 0.646. The van der Waals surface area contributed by atoms with Crippen molar-refractivity contribution in [3.8, 4) is 0 Å². The fourth-order valence-electron chi connectivity index (χ4n) is 1.68. The second-order valence-corrected chi connectivity index (χ2v) is 6.44. The standard InChI is InChI=1S/C15H17BrN2S/c1-2-13(17)9-11-3-6-14(7-4-11)19-15-8-5-12(16)10-18-15/h3-8,10,13H,2,9,17H2,1H3. The second-order valence-electron chi connectivity index (χ2n) is 4.43. The molecule has 1 heterocycles. The molecule has 2 rings (SSSR count). The third-order valence-electron chi connectivity index (χ3n) is 2.87. The first kappa shape index (κ1) is 14.6. The maximum absolute atomic E-state index is 5.96. The van der Waals surface area contributed by atoms with Crippen LogP contribution in [0.1, 0.15) is 18.9 Å². The summed E-state index contributed by atoms with van der Waals surface area (Å²) in [5.74, 6) is 0.